The maximum atomic E-state index is 9.59. The Balaban J connectivity index is 2.24. The van der Waals surface area contributed by atoms with Crippen LogP contribution in [0.4, 0.5) is 5.69 Å². The molecule has 0 spiro atoms. The summed E-state index contributed by atoms with van der Waals surface area (Å²) in [7, 11) is 0. The Labute approximate surface area is 95.0 Å². The van der Waals surface area contributed by atoms with Gasteiger partial charge in [0.1, 0.15) is 11.5 Å². The fraction of sp³-hybridized carbons (Fsp3) is 0.222. The summed E-state index contributed by atoms with van der Waals surface area (Å²) in [6.07, 6.45) is 0. The van der Waals surface area contributed by atoms with Crippen molar-refractivity contribution >= 4 is 27.6 Å². The van der Waals surface area contributed by atoms with Gasteiger partial charge in [-0.05, 0) is 22.0 Å². The predicted molar refractivity (Wildman–Crippen MR) is 61.4 cm³/mol. The first-order valence-corrected chi connectivity index (χ1v) is 5.23. The van der Waals surface area contributed by atoms with E-state index in [1.54, 1.807) is 0 Å². The lowest BCUT2D eigenvalue weighted by molar-refractivity contribution is 0.459. The molecule has 0 saturated carbocycles. The molecule has 1 aromatic carbocycles. The van der Waals surface area contributed by atoms with Crippen molar-refractivity contribution in [1.82, 2.24) is 5.32 Å². The lowest BCUT2D eigenvalue weighted by Gasteiger charge is -2.09. The first kappa shape index (κ1) is 10.1. The van der Waals surface area contributed by atoms with Crippen LogP contribution in [0.2, 0.25) is 0 Å². The van der Waals surface area contributed by atoms with Crippen LogP contribution in [-0.2, 0) is 0 Å². The molecule has 0 saturated heterocycles. The summed E-state index contributed by atoms with van der Waals surface area (Å²) >= 11 is 3.11. The average Bonchev–Trinajstić information content (AvgIpc) is 2.67. The van der Waals surface area contributed by atoms with Crippen molar-refractivity contribution in [3.63, 3.8) is 0 Å². The molecule has 0 aromatic heterocycles. The summed E-state index contributed by atoms with van der Waals surface area (Å²) in [5, 5.41) is 24.9. The number of nitrogens with zero attached hydrogens (tertiary/aromatic N) is 1. The number of aromatic hydroxyl groups is 2. The van der Waals surface area contributed by atoms with E-state index in [1.807, 2.05) is 0 Å². The third-order valence-electron chi connectivity index (χ3n) is 1.99. The maximum absolute atomic E-state index is 9.59. The van der Waals surface area contributed by atoms with Gasteiger partial charge in [-0.2, -0.15) is 0 Å². The van der Waals surface area contributed by atoms with Crippen molar-refractivity contribution in [3.8, 4) is 11.5 Å². The molecule has 0 radical (unpaired) electrons. The predicted octanol–water partition coefficient (Wildman–Crippen LogP) is 1.23. The van der Waals surface area contributed by atoms with Crippen molar-refractivity contribution in [3.05, 3.63) is 16.6 Å². The number of halogens is 1. The molecule has 0 aliphatic carbocycles. The maximum Gasteiger partial charge on any atom is 0.196 e. The van der Waals surface area contributed by atoms with Crippen LogP contribution in [-0.4, -0.2) is 29.3 Å². The Hall–Kier alpha value is -1.43. The number of nitrogens with one attached hydrogen (secondary N) is 2. The van der Waals surface area contributed by atoms with Crippen LogP contribution in [0.25, 0.3) is 0 Å². The fourth-order valence-electron chi connectivity index (χ4n) is 1.26. The number of hydrogen-bond donors (Lipinski definition) is 4. The molecule has 1 aliphatic rings. The summed E-state index contributed by atoms with van der Waals surface area (Å²) in [5.74, 6) is 0.719. The first-order valence-electron chi connectivity index (χ1n) is 4.43. The fourth-order valence-corrected chi connectivity index (χ4v) is 1.59. The van der Waals surface area contributed by atoms with Gasteiger partial charge >= 0.3 is 0 Å². The van der Waals surface area contributed by atoms with Gasteiger partial charge in [-0.3, -0.25) is 4.99 Å². The molecule has 0 bridgehead atoms. The Morgan fingerprint density at radius 1 is 1.33 bits per heavy atom. The van der Waals surface area contributed by atoms with Gasteiger partial charge in [0.25, 0.3) is 0 Å². The molecule has 1 aliphatic heterocycles. The zero-order valence-corrected chi connectivity index (χ0v) is 9.37. The SMILES string of the molecule is Oc1cc(NC2=NCCN2)c(O)cc1Br. The second kappa shape index (κ2) is 3.98. The second-order valence-electron chi connectivity index (χ2n) is 3.10. The van der Waals surface area contributed by atoms with Crippen molar-refractivity contribution in [2.24, 2.45) is 4.99 Å². The van der Waals surface area contributed by atoms with Crippen molar-refractivity contribution in [1.29, 1.82) is 0 Å². The average molecular weight is 272 g/mol. The van der Waals surface area contributed by atoms with Crippen molar-refractivity contribution in [2.75, 3.05) is 18.4 Å². The van der Waals surface area contributed by atoms with Gasteiger partial charge < -0.3 is 20.8 Å². The van der Waals surface area contributed by atoms with Crippen LogP contribution >= 0.6 is 15.9 Å². The number of anilines is 1. The molecule has 2 rings (SSSR count). The highest BCUT2D eigenvalue weighted by atomic mass is 79.9. The van der Waals surface area contributed by atoms with Crippen molar-refractivity contribution < 1.29 is 10.2 Å². The van der Waals surface area contributed by atoms with Crippen LogP contribution in [0.15, 0.2) is 21.6 Å². The van der Waals surface area contributed by atoms with Crippen LogP contribution < -0.4 is 10.6 Å². The van der Waals surface area contributed by atoms with E-state index < -0.39 is 0 Å². The number of benzene rings is 1. The summed E-state index contributed by atoms with van der Waals surface area (Å²) in [4.78, 5) is 4.11. The minimum atomic E-state index is 0.0519. The number of aliphatic imine (C=N–C) groups is 1. The Bertz CT molecular complexity index is 420. The summed E-state index contributed by atoms with van der Waals surface area (Å²) < 4.78 is 0.451. The molecule has 1 aromatic rings. The molecular formula is C9H10BrN3O2. The van der Waals surface area contributed by atoms with E-state index in [2.05, 4.69) is 31.6 Å². The van der Waals surface area contributed by atoms with E-state index >= 15 is 0 Å². The topological polar surface area (TPSA) is 76.9 Å². The molecule has 0 unspecified atom stereocenters. The van der Waals surface area contributed by atoms with E-state index in [0.717, 1.165) is 6.54 Å². The monoisotopic (exact) mass is 271 g/mol. The summed E-state index contributed by atoms with van der Waals surface area (Å²) in [6, 6.07) is 2.86. The smallest absolute Gasteiger partial charge is 0.196 e. The normalized spacial score (nSPS) is 14.6. The molecule has 5 nitrogen and oxygen atoms in total. The highest BCUT2D eigenvalue weighted by Crippen LogP contribution is 2.34. The lowest BCUT2D eigenvalue weighted by Crippen LogP contribution is -2.26. The second-order valence-corrected chi connectivity index (χ2v) is 3.96. The lowest BCUT2D eigenvalue weighted by atomic mass is 10.3. The zero-order chi connectivity index (χ0) is 10.8. The number of guanidine groups is 1. The molecule has 0 amide bonds. The highest BCUT2D eigenvalue weighted by Gasteiger charge is 2.10. The van der Waals surface area contributed by atoms with E-state index in [-0.39, 0.29) is 11.5 Å². The van der Waals surface area contributed by atoms with Gasteiger partial charge in [-0.1, -0.05) is 0 Å². The minimum Gasteiger partial charge on any atom is -0.507 e. The van der Waals surface area contributed by atoms with Gasteiger partial charge in [0, 0.05) is 12.6 Å². The highest BCUT2D eigenvalue weighted by molar-refractivity contribution is 9.10. The number of phenolic OH excluding ortho intramolecular Hbond substituents is 2. The van der Waals surface area contributed by atoms with Gasteiger partial charge in [0.05, 0.1) is 16.7 Å². The molecule has 80 valence electrons. The van der Waals surface area contributed by atoms with Crippen LogP contribution in [0.3, 0.4) is 0 Å². The first-order chi connectivity index (χ1) is 7.16. The van der Waals surface area contributed by atoms with Gasteiger partial charge in [-0.25, -0.2) is 0 Å². The molecule has 15 heavy (non-hydrogen) atoms. The van der Waals surface area contributed by atoms with E-state index in [4.69, 9.17) is 0 Å². The van der Waals surface area contributed by atoms with Crippen molar-refractivity contribution in [2.45, 2.75) is 0 Å². The molecule has 6 heteroatoms. The quantitative estimate of drug-likeness (QED) is 0.458. The van der Waals surface area contributed by atoms with Gasteiger partial charge in [0.15, 0.2) is 5.96 Å². The minimum absolute atomic E-state index is 0.0519. The number of hydrogen-bond acceptors (Lipinski definition) is 5. The Morgan fingerprint density at radius 3 is 2.80 bits per heavy atom. The largest absolute Gasteiger partial charge is 0.507 e. The van der Waals surface area contributed by atoms with Crippen LogP contribution in [0, 0.1) is 0 Å². The number of phenols is 2. The third-order valence-corrected chi connectivity index (χ3v) is 2.63. The number of rotatable bonds is 1. The molecular weight excluding hydrogens is 262 g/mol. The molecule has 0 fully saturated rings. The van der Waals surface area contributed by atoms with E-state index in [1.165, 1.54) is 12.1 Å². The molecule has 0 atom stereocenters. The van der Waals surface area contributed by atoms with E-state index in [0.29, 0.717) is 22.7 Å². The Kier molecular flexibility index (Phi) is 2.68. The zero-order valence-electron chi connectivity index (χ0n) is 7.79. The van der Waals surface area contributed by atoms with Crippen LogP contribution in [0.1, 0.15) is 0 Å². The summed E-state index contributed by atoms with van der Waals surface area (Å²) in [6.45, 7) is 1.50. The molecule has 4 N–H and O–H groups in total. The standard InChI is InChI=1S/C9H10BrN3O2/c10-5-3-8(15)6(4-7(5)14)13-9-11-1-2-12-9/h3-4,14-15H,1-2H2,(H2,11,12,13). The van der Waals surface area contributed by atoms with Crippen LogP contribution in [0.5, 0.6) is 11.5 Å². The third kappa shape index (κ3) is 2.15. The summed E-state index contributed by atoms with van der Waals surface area (Å²) in [5.41, 5.74) is 0.420. The Morgan fingerprint density at radius 2 is 2.13 bits per heavy atom. The van der Waals surface area contributed by atoms with E-state index in [9.17, 15) is 10.2 Å². The van der Waals surface area contributed by atoms with Gasteiger partial charge in [-0.15, -0.1) is 0 Å². The molecule has 1 heterocycles. The van der Waals surface area contributed by atoms with Gasteiger partial charge in [0.2, 0.25) is 0 Å².